The van der Waals surface area contributed by atoms with Crippen LogP contribution in [0.5, 0.6) is 0 Å². The van der Waals surface area contributed by atoms with Gasteiger partial charge in [0.25, 0.3) is 0 Å². The zero-order chi connectivity index (χ0) is 34.8. The van der Waals surface area contributed by atoms with E-state index in [0.717, 1.165) is 53.7 Å². The van der Waals surface area contributed by atoms with Crippen LogP contribution in [0.25, 0.3) is 21.1 Å². The maximum Gasteiger partial charge on any atom is 0.393 e. The van der Waals surface area contributed by atoms with E-state index in [-0.39, 0.29) is 17.5 Å². The number of aliphatic hydroxyl groups excluding tert-OH is 2. The number of anilines is 2. The maximum absolute atomic E-state index is 12.9. The van der Waals surface area contributed by atoms with Crippen LogP contribution in [0.3, 0.4) is 0 Å². The monoisotopic (exact) mass is 691 g/mol. The van der Waals surface area contributed by atoms with Gasteiger partial charge in [-0.2, -0.15) is 18.4 Å². The van der Waals surface area contributed by atoms with Gasteiger partial charge in [0.1, 0.15) is 40.6 Å². The number of thiophene rings is 1. The molecule has 5 aromatic rings. The quantitative estimate of drug-likeness (QED) is 0.0848. The van der Waals surface area contributed by atoms with Gasteiger partial charge in [0.05, 0.1) is 25.0 Å². The first-order chi connectivity index (χ1) is 23.5. The van der Waals surface area contributed by atoms with Crippen LogP contribution in [0, 0.1) is 11.3 Å². The standard InChI is InChI=1S/C35H36F3N7O3S/c1-2-31(47)42-25-6-4-24(5-7-25)34(48,20-46)19-45-27(17-39)14-23-13-22(3-8-30(23)45)18-44-11-9-26(10-12-44)43-32-29-15-28(16-35(36,37)38)49-33(29)41-21-40-32/h2-8,13-15,21,26,31,42,46-48H,1,9-12,16,18-20H2,(H,40,41,43). The number of benzene rings is 2. The highest BCUT2D eigenvalue weighted by molar-refractivity contribution is 7.18. The van der Waals surface area contributed by atoms with Crippen molar-refractivity contribution < 1.29 is 28.5 Å². The van der Waals surface area contributed by atoms with Crippen molar-refractivity contribution in [1.82, 2.24) is 19.4 Å². The van der Waals surface area contributed by atoms with Gasteiger partial charge in [-0.05, 0) is 66.4 Å². The molecule has 1 aliphatic rings. The minimum atomic E-state index is -4.28. The van der Waals surface area contributed by atoms with Crippen LogP contribution in [0.4, 0.5) is 24.7 Å². The van der Waals surface area contributed by atoms with Crippen LogP contribution in [0.1, 0.15) is 34.5 Å². The van der Waals surface area contributed by atoms with Crippen LogP contribution in [-0.2, 0) is 25.1 Å². The van der Waals surface area contributed by atoms with E-state index in [9.17, 15) is 33.8 Å². The largest absolute Gasteiger partial charge is 0.393 e. The molecule has 49 heavy (non-hydrogen) atoms. The summed E-state index contributed by atoms with van der Waals surface area (Å²) in [5.74, 6) is 0.557. The minimum Gasteiger partial charge on any atom is -0.393 e. The summed E-state index contributed by atoms with van der Waals surface area (Å²) >= 11 is 1.04. The predicted molar refractivity (Wildman–Crippen MR) is 183 cm³/mol. The summed E-state index contributed by atoms with van der Waals surface area (Å²) in [5, 5.41) is 49.2. The van der Waals surface area contributed by atoms with E-state index in [1.54, 1.807) is 34.9 Å². The first-order valence-corrected chi connectivity index (χ1v) is 16.6. The first kappa shape index (κ1) is 34.3. The molecule has 0 aliphatic carbocycles. The van der Waals surface area contributed by atoms with Crippen LogP contribution >= 0.6 is 11.3 Å². The van der Waals surface area contributed by atoms with Gasteiger partial charge in [0, 0.05) is 47.1 Å². The molecule has 0 spiro atoms. The number of nitrogens with zero attached hydrogens (tertiary/aromatic N) is 5. The molecule has 2 atom stereocenters. The fourth-order valence-electron chi connectivity index (χ4n) is 6.27. The lowest BCUT2D eigenvalue weighted by atomic mass is 9.94. The zero-order valence-electron chi connectivity index (χ0n) is 26.5. The second-order valence-electron chi connectivity index (χ2n) is 12.4. The van der Waals surface area contributed by atoms with E-state index < -0.39 is 31.0 Å². The molecule has 256 valence electrons. The van der Waals surface area contributed by atoms with Gasteiger partial charge in [-0.1, -0.05) is 24.8 Å². The maximum atomic E-state index is 12.9. The number of nitriles is 1. The van der Waals surface area contributed by atoms with E-state index in [2.05, 4.69) is 38.1 Å². The Kier molecular flexibility index (Phi) is 9.91. The fourth-order valence-corrected chi connectivity index (χ4v) is 7.30. The lowest BCUT2D eigenvalue weighted by Gasteiger charge is -2.32. The second kappa shape index (κ2) is 14.1. The number of aliphatic hydroxyl groups is 3. The summed E-state index contributed by atoms with van der Waals surface area (Å²) in [6, 6.07) is 18.3. The number of hydrogen-bond donors (Lipinski definition) is 5. The summed E-state index contributed by atoms with van der Waals surface area (Å²) in [7, 11) is 0. The van der Waals surface area contributed by atoms with Gasteiger partial charge in [-0.15, -0.1) is 11.3 Å². The molecule has 1 saturated heterocycles. The average molecular weight is 692 g/mol. The smallest absolute Gasteiger partial charge is 0.393 e. The normalized spacial score (nSPS) is 16.3. The van der Waals surface area contributed by atoms with E-state index in [1.165, 1.54) is 18.5 Å². The van der Waals surface area contributed by atoms with Crippen molar-refractivity contribution in [3.8, 4) is 6.07 Å². The molecule has 1 aliphatic heterocycles. The Balaban J connectivity index is 1.10. The lowest BCUT2D eigenvalue weighted by Crippen LogP contribution is -2.38. The topological polar surface area (TPSA) is 142 Å². The highest BCUT2D eigenvalue weighted by Crippen LogP contribution is 2.34. The number of aromatic nitrogens is 3. The number of likely N-dealkylation sites (tertiary alicyclic amines) is 1. The van der Waals surface area contributed by atoms with Gasteiger partial charge in [-0.25, -0.2) is 9.97 Å². The lowest BCUT2D eigenvalue weighted by molar-refractivity contribution is -0.126. The number of hydrogen-bond acceptors (Lipinski definition) is 10. The van der Waals surface area contributed by atoms with Crippen LogP contribution in [0.15, 0.2) is 73.6 Å². The van der Waals surface area contributed by atoms with Crippen molar-refractivity contribution in [1.29, 1.82) is 5.26 Å². The van der Waals surface area contributed by atoms with E-state index >= 15 is 0 Å². The molecule has 6 rings (SSSR count). The van der Waals surface area contributed by atoms with Gasteiger partial charge in [0.15, 0.2) is 0 Å². The van der Waals surface area contributed by atoms with Crippen molar-refractivity contribution in [2.75, 3.05) is 30.3 Å². The summed E-state index contributed by atoms with van der Waals surface area (Å²) in [6.45, 7) is 5.22. The van der Waals surface area contributed by atoms with Gasteiger partial charge in [0.2, 0.25) is 0 Å². The molecule has 1 fully saturated rings. The highest BCUT2D eigenvalue weighted by atomic mass is 32.1. The Bertz CT molecular complexity index is 1980. The molecular weight excluding hydrogens is 655 g/mol. The molecule has 2 aromatic carbocycles. The summed E-state index contributed by atoms with van der Waals surface area (Å²) in [5.41, 5.74) is 1.57. The number of alkyl halides is 3. The molecule has 10 nitrogen and oxygen atoms in total. The first-order valence-electron chi connectivity index (χ1n) is 15.8. The Hall–Kier alpha value is -4.52. The minimum absolute atomic E-state index is 0.0501. The van der Waals surface area contributed by atoms with Gasteiger partial charge in [-0.3, -0.25) is 4.90 Å². The SMILES string of the molecule is C=CC(O)Nc1ccc(C(O)(CO)Cn2c(C#N)cc3cc(CN4CCC(Nc5ncnc6sc(CC(F)(F)F)cc56)CC4)ccc32)cc1. The third-order valence-electron chi connectivity index (χ3n) is 8.81. The number of piperidine rings is 1. The van der Waals surface area contributed by atoms with Gasteiger partial charge < -0.3 is 30.5 Å². The van der Waals surface area contributed by atoms with E-state index in [4.69, 9.17) is 0 Å². The van der Waals surface area contributed by atoms with E-state index in [1.807, 2.05) is 18.2 Å². The molecule has 3 aromatic heterocycles. The van der Waals surface area contributed by atoms with Gasteiger partial charge >= 0.3 is 6.18 Å². The number of rotatable bonds is 12. The van der Waals surface area contributed by atoms with Crippen molar-refractivity contribution in [3.05, 3.63) is 95.3 Å². The molecule has 14 heteroatoms. The summed E-state index contributed by atoms with van der Waals surface area (Å²) < 4.78 is 40.5. The Labute approximate surface area is 284 Å². The summed E-state index contributed by atoms with van der Waals surface area (Å²) in [6.07, 6.45) is -1.81. The number of nitrogens with one attached hydrogen (secondary N) is 2. The number of fused-ring (bicyclic) bond motifs is 2. The van der Waals surface area contributed by atoms with Crippen LogP contribution in [0.2, 0.25) is 0 Å². The third-order valence-corrected chi connectivity index (χ3v) is 9.85. The predicted octanol–water partition coefficient (Wildman–Crippen LogP) is 5.50. The fraction of sp³-hybridized carbons (Fsp3) is 0.343. The van der Waals surface area contributed by atoms with Crippen LogP contribution < -0.4 is 10.6 Å². The van der Waals surface area contributed by atoms with Crippen molar-refractivity contribution in [3.63, 3.8) is 0 Å². The van der Waals surface area contributed by atoms with Crippen molar-refractivity contribution >= 4 is 44.0 Å². The molecule has 5 N–H and O–H groups in total. The molecule has 0 radical (unpaired) electrons. The highest BCUT2D eigenvalue weighted by Gasteiger charge is 2.32. The molecule has 0 saturated carbocycles. The zero-order valence-corrected chi connectivity index (χ0v) is 27.3. The average Bonchev–Trinajstić information content (AvgIpc) is 3.65. The Morgan fingerprint density at radius 2 is 1.86 bits per heavy atom. The number of halogens is 3. The third kappa shape index (κ3) is 7.87. The van der Waals surface area contributed by atoms with Crippen molar-refractivity contribution in [2.45, 2.75) is 56.4 Å². The molecule has 4 heterocycles. The molecule has 0 bridgehead atoms. The second-order valence-corrected chi connectivity index (χ2v) is 13.5. The molecular formula is C35H36F3N7O3S. The molecule has 2 unspecified atom stereocenters. The Morgan fingerprint density at radius 3 is 2.53 bits per heavy atom. The van der Waals surface area contributed by atoms with E-state index in [0.29, 0.717) is 39.5 Å². The van der Waals surface area contributed by atoms with Crippen molar-refractivity contribution in [2.24, 2.45) is 0 Å². The summed E-state index contributed by atoms with van der Waals surface area (Å²) in [4.78, 5) is 11.6. The molecule has 0 amide bonds. The Morgan fingerprint density at radius 1 is 1.10 bits per heavy atom. The van der Waals surface area contributed by atoms with Crippen LogP contribution in [-0.4, -0.2) is 72.9 Å².